The minimum Gasteiger partial charge on any atom is -0.423 e. The number of anilines is 1. The van der Waals surface area contributed by atoms with Crippen LogP contribution in [0.25, 0.3) is 11.0 Å². The van der Waals surface area contributed by atoms with Gasteiger partial charge in [-0.3, -0.25) is 9.59 Å². The average Bonchev–Trinajstić information content (AvgIpc) is 2.53. The first kappa shape index (κ1) is 18.7. The normalized spacial score (nSPS) is 12.0. The molecule has 25 heavy (non-hydrogen) atoms. The standard InChI is InChI=1S/C18H23N3O4/c1-11-9-17(23)25-16-10-13(6-7-14(11)16)21-18(24)15(19)5-3-4-8-20-12(2)22/h6-7,9-10,15H,3-5,8,19H2,1-2H3,(H,20,22)(H,21,24)/t15-/m0/s1. The SMILES string of the molecule is CC(=O)NCCCC[C@H](N)C(=O)Nc1ccc2c(C)cc(=O)oc2c1. The Balaban J connectivity index is 1.92. The van der Waals surface area contributed by atoms with E-state index in [1.54, 1.807) is 18.2 Å². The van der Waals surface area contributed by atoms with Crippen LogP contribution in [0.4, 0.5) is 5.69 Å². The zero-order valence-corrected chi connectivity index (χ0v) is 14.4. The third-order valence-electron chi connectivity index (χ3n) is 3.87. The second-order valence-corrected chi connectivity index (χ2v) is 6.03. The summed E-state index contributed by atoms with van der Waals surface area (Å²) in [6.07, 6.45) is 2.02. The number of rotatable bonds is 7. The fraction of sp³-hybridized carbons (Fsp3) is 0.389. The van der Waals surface area contributed by atoms with Crippen LogP contribution in [0.5, 0.6) is 0 Å². The van der Waals surface area contributed by atoms with Crippen molar-refractivity contribution in [3.8, 4) is 0 Å². The van der Waals surface area contributed by atoms with Crippen molar-refractivity contribution in [3.05, 3.63) is 40.2 Å². The summed E-state index contributed by atoms with van der Waals surface area (Å²) in [4.78, 5) is 34.4. The van der Waals surface area contributed by atoms with Crippen LogP contribution in [-0.4, -0.2) is 24.4 Å². The largest absolute Gasteiger partial charge is 0.423 e. The number of hydrogen-bond acceptors (Lipinski definition) is 5. The third kappa shape index (κ3) is 5.42. The van der Waals surface area contributed by atoms with Gasteiger partial charge in [0.25, 0.3) is 0 Å². The van der Waals surface area contributed by atoms with E-state index >= 15 is 0 Å². The van der Waals surface area contributed by atoms with Crippen molar-refractivity contribution < 1.29 is 14.0 Å². The Bertz CT molecular complexity index is 829. The van der Waals surface area contributed by atoms with E-state index in [0.717, 1.165) is 23.8 Å². The van der Waals surface area contributed by atoms with Gasteiger partial charge in [0.05, 0.1) is 6.04 Å². The van der Waals surface area contributed by atoms with E-state index in [-0.39, 0.29) is 11.8 Å². The number of carbonyl (C=O) groups excluding carboxylic acids is 2. The maximum absolute atomic E-state index is 12.2. The van der Waals surface area contributed by atoms with E-state index in [4.69, 9.17) is 10.2 Å². The van der Waals surface area contributed by atoms with Crippen LogP contribution in [0, 0.1) is 6.92 Å². The minimum atomic E-state index is -0.641. The molecule has 134 valence electrons. The fourth-order valence-electron chi connectivity index (χ4n) is 2.52. The number of benzene rings is 1. The lowest BCUT2D eigenvalue weighted by molar-refractivity contribution is -0.119. The monoisotopic (exact) mass is 345 g/mol. The molecule has 2 rings (SSSR count). The van der Waals surface area contributed by atoms with Crippen molar-refractivity contribution in [3.63, 3.8) is 0 Å². The van der Waals surface area contributed by atoms with Gasteiger partial charge < -0.3 is 20.8 Å². The summed E-state index contributed by atoms with van der Waals surface area (Å²) in [5, 5.41) is 6.25. The zero-order valence-electron chi connectivity index (χ0n) is 14.4. The molecule has 1 heterocycles. The second kappa shape index (κ2) is 8.43. The lowest BCUT2D eigenvalue weighted by Gasteiger charge is -2.12. The molecule has 0 saturated heterocycles. The highest BCUT2D eigenvalue weighted by Gasteiger charge is 2.14. The maximum atomic E-state index is 12.2. The highest BCUT2D eigenvalue weighted by Crippen LogP contribution is 2.20. The highest BCUT2D eigenvalue weighted by molar-refractivity contribution is 5.96. The van der Waals surface area contributed by atoms with Gasteiger partial charge in [-0.05, 0) is 43.9 Å². The van der Waals surface area contributed by atoms with Crippen molar-refractivity contribution in [1.82, 2.24) is 5.32 Å². The highest BCUT2D eigenvalue weighted by atomic mass is 16.4. The van der Waals surface area contributed by atoms with Gasteiger partial charge in [-0.25, -0.2) is 4.79 Å². The molecule has 0 radical (unpaired) electrons. The fourth-order valence-corrected chi connectivity index (χ4v) is 2.52. The molecule has 2 aromatic rings. The van der Waals surface area contributed by atoms with Gasteiger partial charge in [0.2, 0.25) is 11.8 Å². The lowest BCUT2D eigenvalue weighted by atomic mass is 10.1. The van der Waals surface area contributed by atoms with E-state index in [2.05, 4.69) is 10.6 Å². The lowest BCUT2D eigenvalue weighted by Crippen LogP contribution is -2.35. The van der Waals surface area contributed by atoms with Crippen LogP contribution < -0.4 is 22.0 Å². The minimum absolute atomic E-state index is 0.0692. The van der Waals surface area contributed by atoms with Crippen LogP contribution in [-0.2, 0) is 9.59 Å². The summed E-state index contributed by atoms with van der Waals surface area (Å²) in [5.74, 6) is -0.367. The smallest absolute Gasteiger partial charge is 0.336 e. The molecule has 1 aromatic carbocycles. The average molecular weight is 345 g/mol. The second-order valence-electron chi connectivity index (χ2n) is 6.03. The Morgan fingerprint density at radius 2 is 2.00 bits per heavy atom. The van der Waals surface area contributed by atoms with E-state index in [9.17, 15) is 14.4 Å². The summed E-state index contributed by atoms with van der Waals surface area (Å²) >= 11 is 0. The molecule has 0 bridgehead atoms. The van der Waals surface area contributed by atoms with Crippen LogP contribution in [0.1, 0.15) is 31.7 Å². The van der Waals surface area contributed by atoms with Crippen LogP contribution >= 0.6 is 0 Å². The molecule has 0 aliphatic heterocycles. The Labute approximate surface area is 145 Å². The summed E-state index contributed by atoms with van der Waals surface area (Å²) < 4.78 is 5.16. The number of fused-ring (bicyclic) bond motifs is 1. The van der Waals surface area contributed by atoms with Crippen molar-refractivity contribution in [1.29, 1.82) is 0 Å². The third-order valence-corrected chi connectivity index (χ3v) is 3.87. The Morgan fingerprint density at radius 3 is 2.72 bits per heavy atom. The number of carbonyl (C=O) groups is 2. The number of unbranched alkanes of at least 4 members (excludes halogenated alkanes) is 1. The number of aryl methyl sites for hydroxylation is 1. The number of amides is 2. The predicted molar refractivity (Wildman–Crippen MR) is 96.4 cm³/mol. The van der Waals surface area contributed by atoms with E-state index < -0.39 is 11.7 Å². The van der Waals surface area contributed by atoms with E-state index in [1.165, 1.54) is 13.0 Å². The van der Waals surface area contributed by atoms with Crippen LogP contribution in [0.15, 0.2) is 33.5 Å². The molecule has 7 heteroatoms. The van der Waals surface area contributed by atoms with Gasteiger partial charge in [-0.15, -0.1) is 0 Å². The zero-order chi connectivity index (χ0) is 18.4. The Kier molecular flexibility index (Phi) is 6.30. The first-order valence-corrected chi connectivity index (χ1v) is 8.22. The van der Waals surface area contributed by atoms with Gasteiger partial charge in [-0.2, -0.15) is 0 Å². The molecule has 4 N–H and O–H groups in total. The molecule has 0 fully saturated rings. The van der Waals surface area contributed by atoms with Crippen molar-refractivity contribution >= 4 is 28.5 Å². The number of hydrogen-bond donors (Lipinski definition) is 3. The van der Waals surface area contributed by atoms with Gasteiger partial charge >= 0.3 is 5.63 Å². The van der Waals surface area contributed by atoms with Gasteiger partial charge in [0.1, 0.15) is 5.58 Å². The predicted octanol–water partition coefficient (Wildman–Crippen LogP) is 1.67. The summed E-state index contributed by atoms with van der Waals surface area (Å²) in [7, 11) is 0. The number of nitrogens with one attached hydrogen (secondary N) is 2. The van der Waals surface area contributed by atoms with E-state index in [1.807, 2.05) is 6.92 Å². The molecule has 2 amide bonds. The first-order chi connectivity index (χ1) is 11.9. The van der Waals surface area contributed by atoms with Crippen molar-refractivity contribution in [2.24, 2.45) is 5.73 Å². The van der Waals surface area contributed by atoms with Crippen molar-refractivity contribution in [2.45, 2.75) is 39.2 Å². The number of nitrogens with two attached hydrogens (primary N) is 1. The maximum Gasteiger partial charge on any atom is 0.336 e. The van der Waals surface area contributed by atoms with Crippen LogP contribution in [0.3, 0.4) is 0 Å². The van der Waals surface area contributed by atoms with Crippen LogP contribution in [0.2, 0.25) is 0 Å². The quantitative estimate of drug-likeness (QED) is 0.522. The summed E-state index contributed by atoms with van der Waals surface area (Å²) in [6, 6.07) is 5.94. The molecule has 1 aromatic heterocycles. The Hall–Kier alpha value is -2.67. The molecular formula is C18H23N3O4. The Morgan fingerprint density at radius 1 is 1.24 bits per heavy atom. The van der Waals surface area contributed by atoms with Gasteiger partial charge in [0, 0.05) is 36.7 Å². The molecule has 0 spiro atoms. The molecule has 0 aliphatic rings. The van der Waals surface area contributed by atoms with Crippen molar-refractivity contribution in [2.75, 3.05) is 11.9 Å². The summed E-state index contributed by atoms with van der Waals surface area (Å²) in [5.41, 5.74) is 7.24. The van der Waals surface area contributed by atoms with Gasteiger partial charge in [0.15, 0.2) is 0 Å². The molecule has 7 nitrogen and oxygen atoms in total. The molecular weight excluding hydrogens is 322 g/mol. The molecule has 0 unspecified atom stereocenters. The van der Waals surface area contributed by atoms with E-state index in [0.29, 0.717) is 24.2 Å². The summed E-state index contributed by atoms with van der Waals surface area (Å²) in [6.45, 7) is 3.87. The molecule has 0 aliphatic carbocycles. The topological polar surface area (TPSA) is 114 Å². The molecule has 1 atom stereocenters. The molecule has 0 saturated carbocycles. The first-order valence-electron chi connectivity index (χ1n) is 8.22. The van der Waals surface area contributed by atoms with Gasteiger partial charge in [-0.1, -0.05) is 0 Å².